The molecule has 0 radical (unpaired) electrons. The number of benzene rings is 3. The summed E-state index contributed by atoms with van der Waals surface area (Å²) in [7, 11) is 1.53. The Morgan fingerprint density at radius 3 is 2.29 bits per heavy atom. The molecule has 0 spiro atoms. The Kier molecular flexibility index (Phi) is 5.85. The zero-order valence-electron chi connectivity index (χ0n) is 17.2. The number of hydrogen-bond acceptors (Lipinski definition) is 4. The van der Waals surface area contributed by atoms with Gasteiger partial charge in [-0.3, -0.25) is 9.59 Å². The van der Waals surface area contributed by atoms with E-state index in [2.05, 4.69) is 0 Å². The van der Waals surface area contributed by atoms with E-state index in [1.807, 2.05) is 60.7 Å². The number of ether oxygens (including phenoxy) is 1. The number of rotatable bonds is 6. The number of Topliss-reactive ketones (excluding diaryl/α,β-unsaturated/α-hetero) is 1. The van der Waals surface area contributed by atoms with Crippen LogP contribution in [0.5, 0.6) is 5.75 Å². The number of amides is 1. The fourth-order valence-corrected chi connectivity index (χ4v) is 3.91. The lowest BCUT2D eigenvalue weighted by Gasteiger charge is -2.25. The first kappa shape index (κ1) is 20.4. The molecule has 1 N–H and O–H groups in total. The van der Waals surface area contributed by atoms with Crippen LogP contribution in [0.15, 0.2) is 90.5 Å². The number of carbonyl (C=O) groups is 2. The summed E-state index contributed by atoms with van der Waals surface area (Å²) in [5.41, 5.74) is 2.38. The second-order valence-electron chi connectivity index (χ2n) is 7.37. The van der Waals surface area contributed by atoms with Gasteiger partial charge in [0, 0.05) is 12.1 Å². The first-order valence-electron chi connectivity index (χ1n) is 10.1. The molecule has 0 saturated carbocycles. The van der Waals surface area contributed by atoms with Crippen molar-refractivity contribution in [1.29, 1.82) is 0 Å². The van der Waals surface area contributed by atoms with Crippen molar-refractivity contribution < 1.29 is 19.4 Å². The first-order chi connectivity index (χ1) is 15.1. The lowest BCUT2D eigenvalue weighted by Crippen LogP contribution is -2.31. The molecule has 1 aliphatic rings. The minimum Gasteiger partial charge on any atom is -0.507 e. The molecule has 156 valence electrons. The lowest BCUT2D eigenvalue weighted by molar-refractivity contribution is -0.139. The molecule has 3 aromatic rings. The van der Waals surface area contributed by atoms with Crippen LogP contribution in [0.1, 0.15) is 22.7 Å². The molecule has 0 bridgehead atoms. The molecule has 3 aromatic carbocycles. The number of hydrogen-bond donors (Lipinski definition) is 1. The number of nitrogens with zero attached hydrogens (tertiary/aromatic N) is 1. The summed E-state index contributed by atoms with van der Waals surface area (Å²) in [5.74, 6) is -0.927. The molecule has 1 atom stereocenters. The van der Waals surface area contributed by atoms with E-state index in [4.69, 9.17) is 4.74 Å². The third kappa shape index (κ3) is 4.08. The maximum Gasteiger partial charge on any atom is 0.295 e. The van der Waals surface area contributed by atoms with E-state index in [1.165, 1.54) is 7.11 Å². The fraction of sp³-hybridized carbons (Fsp3) is 0.154. The van der Waals surface area contributed by atoms with Crippen molar-refractivity contribution in [3.63, 3.8) is 0 Å². The maximum absolute atomic E-state index is 13.0. The Bertz CT molecular complexity index is 1120. The SMILES string of the molecule is COc1cccc(C(O)=C2C(=O)C(=O)N(CCc3ccccc3)C2c2ccccc2)c1. The van der Waals surface area contributed by atoms with E-state index in [0.29, 0.717) is 24.3 Å². The van der Waals surface area contributed by atoms with Gasteiger partial charge in [0.2, 0.25) is 0 Å². The molecule has 0 aliphatic carbocycles. The summed E-state index contributed by atoms with van der Waals surface area (Å²) in [6.45, 7) is 0.364. The molecule has 1 unspecified atom stereocenters. The summed E-state index contributed by atoms with van der Waals surface area (Å²) < 4.78 is 5.24. The Morgan fingerprint density at radius 2 is 1.61 bits per heavy atom. The van der Waals surface area contributed by atoms with Crippen LogP contribution in [0.4, 0.5) is 0 Å². The van der Waals surface area contributed by atoms with Crippen LogP contribution >= 0.6 is 0 Å². The Morgan fingerprint density at radius 1 is 0.935 bits per heavy atom. The van der Waals surface area contributed by atoms with Gasteiger partial charge >= 0.3 is 0 Å². The number of aliphatic hydroxyl groups excluding tert-OH is 1. The summed E-state index contributed by atoms with van der Waals surface area (Å²) in [6, 6.07) is 25.3. The van der Waals surface area contributed by atoms with Gasteiger partial charge in [-0.05, 0) is 29.7 Å². The number of aliphatic hydroxyl groups is 1. The molecular formula is C26H23NO4. The van der Waals surface area contributed by atoms with Crippen LogP contribution in [-0.4, -0.2) is 35.4 Å². The van der Waals surface area contributed by atoms with E-state index < -0.39 is 17.7 Å². The van der Waals surface area contributed by atoms with Crippen molar-refractivity contribution in [2.45, 2.75) is 12.5 Å². The van der Waals surface area contributed by atoms with Gasteiger partial charge in [0.1, 0.15) is 11.5 Å². The predicted octanol–water partition coefficient (Wildman–Crippen LogP) is 4.36. The van der Waals surface area contributed by atoms with Gasteiger partial charge in [0.25, 0.3) is 11.7 Å². The third-order valence-electron chi connectivity index (χ3n) is 5.48. The van der Waals surface area contributed by atoms with E-state index in [0.717, 1.165) is 11.1 Å². The quantitative estimate of drug-likeness (QED) is 0.370. The lowest BCUT2D eigenvalue weighted by atomic mass is 9.95. The highest BCUT2D eigenvalue weighted by Crippen LogP contribution is 2.39. The smallest absolute Gasteiger partial charge is 0.295 e. The fourth-order valence-electron chi connectivity index (χ4n) is 3.91. The van der Waals surface area contributed by atoms with Crippen molar-refractivity contribution in [1.82, 2.24) is 4.90 Å². The van der Waals surface area contributed by atoms with Crippen LogP contribution in [0.3, 0.4) is 0 Å². The molecule has 5 nitrogen and oxygen atoms in total. The number of methoxy groups -OCH3 is 1. The molecule has 1 heterocycles. The topological polar surface area (TPSA) is 66.8 Å². The van der Waals surface area contributed by atoms with Crippen molar-refractivity contribution in [2.75, 3.05) is 13.7 Å². The van der Waals surface area contributed by atoms with Gasteiger partial charge < -0.3 is 14.7 Å². The second-order valence-corrected chi connectivity index (χ2v) is 7.37. The van der Waals surface area contributed by atoms with E-state index in [9.17, 15) is 14.7 Å². The van der Waals surface area contributed by atoms with Crippen LogP contribution in [0.2, 0.25) is 0 Å². The molecule has 1 fully saturated rings. The van der Waals surface area contributed by atoms with Crippen molar-refractivity contribution in [3.8, 4) is 5.75 Å². The number of likely N-dealkylation sites (tertiary alicyclic amines) is 1. The highest BCUT2D eigenvalue weighted by atomic mass is 16.5. The largest absolute Gasteiger partial charge is 0.507 e. The molecule has 1 amide bonds. The Balaban J connectivity index is 1.78. The van der Waals surface area contributed by atoms with Gasteiger partial charge in [0.15, 0.2) is 0 Å². The molecule has 5 heteroatoms. The normalized spacial score (nSPS) is 17.7. The first-order valence-corrected chi connectivity index (χ1v) is 10.1. The zero-order chi connectivity index (χ0) is 21.8. The molecule has 31 heavy (non-hydrogen) atoms. The van der Waals surface area contributed by atoms with E-state index >= 15 is 0 Å². The highest BCUT2D eigenvalue weighted by Gasteiger charge is 2.45. The summed E-state index contributed by atoms with van der Waals surface area (Å²) in [5, 5.41) is 11.1. The average Bonchev–Trinajstić information content (AvgIpc) is 3.08. The third-order valence-corrected chi connectivity index (χ3v) is 5.48. The second kappa shape index (κ2) is 8.88. The molecule has 1 saturated heterocycles. The van der Waals surface area contributed by atoms with Gasteiger partial charge in [0.05, 0.1) is 18.7 Å². The van der Waals surface area contributed by atoms with Crippen LogP contribution < -0.4 is 4.74 Å². The molecule has 4 rings (SSSR count). The average molecular weight is 413 g/mol. The van der Waals surface area contributed by atoms with Crippen molar-refractivity contribution in [2.24, 2.45) is 0 Å². The van der Waals surface area contributed by atoms with Crippen LogP contribution in [-0.2, 0) is 16.0 Å². The standard InChI is InChI=1S/C26H23NO4/c1-31-21-14-8-13-20(17-21)24(28)22-23(19-11-6-3-7-12-19)27(26(30)25(22)29)16-15-18-9-4-2-5-10-18/h2-14,17,23,28H,15-16H2,1H3. The molecule has 1 aliphatic heterocycles. The van der Waals surface area contributed by atoms with Gasteiger partial charge in [-0.25, -0.2) is 0 Å². The van der Waals surface area contributed by atoms with E-state index in [1.54, 1.807) is 29.2 Å². The molecular weight excluding hydrogens is 390 g/mol. The molecule has 0 aromatic heterocycles. The minimum atomic E-state index is -0.678. The van der Waals surface area contributed by atoms with Gasteiger partial charge in [-0.2, -0.15) is 0 Å². The highest BCUT2D eigenvalue weighted by molar-refractivity contribution is 6.46. The summed E-state index contributed by atoms with van der Waals surface area (Å²) in [4.78, 5) is 27.6. The predicted molar refractivity (Wildman–Crippen MR) is 119 cm³/mol. The minimum absolute atomic E-state index is 0.0949. The zero-order valence-corrected chi connectivity index (χ0v) is 17.2. The Labute approximate surface area is 181 Å². The Hall–Kier alpha value is -3.86. The van der Waals surface area contributed by atoms with Gasteiger partial charge in [-0.15, -0.1) is 0 Å². The number of carbonyl (C=O) groups excluding carboxylic acids is 2. The monoisotopic (exact) mass is 413 g/mol. The summed E-state index contributed by atoms with van der Waals surface area (Å²) >= 11 is 0. The van der Waals surface area contributed by atoms with Crippen LogP contribution in [0.25, 0.3) is 5.76 Å². The number of ketones is 1. The van der Waals surface area contributed by atoms with Crippen LogP contribution in [0, 0.1) is 0 Å². The van der Waals surface area contributed by atoms with E-state index in [-0.39, 0.29) is 11.3 Å². The summed E-state index contributed by atoms with van der Waals surface area (Å²) in [6.07, 6.45) is 0.608. The maximum atomic E-state index is 13.0. The van der Waals surface area contributed by atoms with Gasteiger partial charge in [-0.1, -0.05) is 72.8 Å². The van der Waals surface area contributed by atoms with Crippen molar-refractivity contribution in [3.05, 3.63) is 107 Å². The van der Waals surface area contributed by atoms with Crippen molar-refractivity contribution >= 4 is 17.4 Å².